The van der Waals surface area contributed by atoms with Crippen LogP contribution in [0.25, 0.3) is 0 Å². The van der Waals surface area contributed by atoms with Crippen molar-refractivity contribution in [2.75, 3.05) is 20.2 Å². The lowest BCUT2D eigenvalue weighted by Crippen LogP contribution is -3.09. The fourth-order valence-electron chi connectivity index (χ4n) is 2.29. The molecule has 2 aromatic carbocycles. The minimum Gasteiger partial charge on any atom is -0.484 e. The largest absolute Gasteiger partial charge is 0.484 e. The average Bonchev–Trinajstić information content (AvgIpc) is 2.61. The van der Waals surface area contributed by atoms with Crippen LogP contribution in [0, 0.1) is 6.92 Å². The molecule has 3 N–H and O–H groups in total. The number of quaternary nitrogens is 1. The number of halogens is 1. The highest BCUT2D eigenvalue weighted by molar-refractivity contribution is 9.10. The molecule has 0 radical (unpaired) electrons. The number of nitrogens with one attached hydrogen (secondary N) is 3. The van der Waals surface area contributed by atoms with Gasteiger partial charge in [-0.05, 0) is 31.2 Å². The Kier molecular flexibility index (Phi) is 7.62. The van der Waals surface area contributed by atoms with Gasteiger partial charge < -0.3 is 9.64 Å². The first-order valence-corrected chi connectivity index (χ1v) is 9.04. The molecule has 6 nitrogen and oxygen atoms in total. The number of rotatable bonds is 7. The highest BCUT2D eigenvalue weighted by Crippen LogP contribution is 2.15. The Labute approximate surface area is 161 Å². The molecule has 0 aliphatic heterocycles. The molecule has 0 saturated carbocycles. The lowest BCUT2D eigenvalue weighted by molar-refractivity contribution is -0.885. The summed E-state index contributed by atoms with van der Waals surface area (Å²) in [6.07, 6.45) is 0. The Bertz CT molecular complexity index is 733. The van der Waals surface area contributed by atoms with E-state index in [2.05, 4.69) is 38.9 Å². The van der Waals surface area contributed by atoms with Crippen LogP contribution in [0.1, 0.15) is 11.1 Å². The molecule has 1 unspecified atom stereocenters. The van der Waals surface area contributed by atoms with Crippen LogP contribution >= 0.6 is 15.9 Å². The number of hydrogen-bond acceptors (Lipinski definition) is 3. The van der Waals surface area contributed by atoms with Crippen LogP contribution < -0.4 is 20.5 Å². The van der Waals surface area contributed by atoms with Crippen molar-refractivity contribution >= 4 is 27.7 Å². The standard InChI is InChI=1S/C19H22BrN3O3/c1-14-3-5-15(6-4-14)11-23(2)12-18(24)21-22-19(25)13-26-17-9-7-16(20)8-10-17/h3-10H,11-13H2,1-2H3,(H,21,24)(H,22,25)/p+1. The first-order chi connectivity index (χ1) is 12.4. The molecule has 0 aliphatic rings. The maximum atomic E-state index is 11.9. The van der Waals surface area contributed by atoms with Crippen LogP contribution in [0.2, 0.25) is 0 Å². The van der Waals surface area contributed by atoms with Crippen molar-refractivity contribution in [2.24, 2.45) is 0 Å². The van der Waals surface area contributed by atoms with E-state index in [0.717, 1.165) is 21.5 Å². The van der Waals surface area contributed by atoms with Gasteiger partial charge in [0.05, 0.1) is 7.05 Å². The number of hydrazine groups is 1. The van der Waals surface area contributed by atoms with E-state index in [-0.39, 0.29) is 19.1 Å². The van der Waals surface area contributed by atoms with Crippen molar-refractivity contribution < 1.29 is 19.2 Å². The molecule has 0 fully saturated rings. The van der Waals surface area contributed by atoms with Gasteiger partial charge in [0.25, 0.3) is 11.8 Å². The third-order valence-corrected chi connectivity index (χ3v) is 4.14. The Morgan fingerprint density at radius 1 is 1.00 bits per heavy atom. The van der Waals surface area contributed by atoms with Gasteiger partial charge in [-0.2, -0.15) is 0 Å². The van der Waals surface area contributed by atoms with Crippen LogP contribution in [0.4, 0.5) is 0 Å². The number of amides is 2. The predicted octanol–water partition coefficient (Wildman–Crippen LogP) is 0.999. The lowest BCUT2D eigenvalue weighted by atomic mass is 10.1. The Balaban J connectivity index is 1.66. The van der Waals surface area contributed by atoms with Crippen molar-refractivity contribution in [1.82, 2.24) is 10.9 Å². The number of carbonyl (C=O) groups is 2. The van der Waals surface area contributed by atoms with Gasteiger partial charge in [0, 0.05) is 10.0 Å². The second kappa shape index (κ2) is 9.94. The maximum absolute atomic E-state index is 11.9. The van der Waals surface area contributed by atoms with Gasteiger partial charge in [-0.1, -0.05) is 45.8 Å². The zero-order valence-corrected chi connectivity index (χ0v) is 16.4. The quantitative estimate of drug-likeness (QED) is 0.585. The zero-order valence-electron chi connectivity index (χ0n) is 14.8. The summed E-state index contributed by atoms with van der Waals surface area (Å²) in [4.78, 5) is 24.7. The molecule has 0 saturated heterocycles. The molecule has 0 heterocycles. The monoisotopic (exact) mass is 420 g/mol. The highest BCUT2D eigenvalue weighted by Gasteiger charge is 2.11. The SMILES string of the molecule is Cc1ccc(C[NH+](C)CC(=O)NNC(=O)COc2ccc(Br)cc2)cc1. The first kappa shape index (κ1) is 19.9. The summed E-state index contributed by atoms with van der Waals surface area (Å²) in [5, 5.41) is 0. The molecule has 26 heavy (non-hydrogen) atoms. The smallest absolute Gasteiger partial charge is 0.293 e. The normalized spacial score (nSPS) is 11.5. The number of aryl methyl sites for hydroxylation is 1. The van der Waals surface area contributed by atoms with Gasteiger partial charge in [0.2, 0.25) is 0 Å². The van der Waals surface area contributed by atoms with E-state index in [4.69, 9.17) is 4.74 Å². The van der Waals surface area contributed by atoms with Crippen LogP contribution in [0.5, 0.6) is 5.75 Å². The fourth-order valence-corrected chi connectivity index (χ4v) is 2.55. The number of likely N-dealkylation sites (N-methyl/N-ethyl adjacent to an activating group) is 1. The molecule has 7 heteroatoms. The molecule has 2 rings (SSSR count). The second-order valence-corrected chi connectivity index (χ2v) is 7.05. The molecular formula is C19H23BrN3O3+. The summed E-state index contributed by atoms with van der Waals surface area (Å²) >= 11 is 3.33. The number of benzene rings is 2. The van der Waals surface area contributed by atoms with Crippen molar-refractivity contribution in [1.29, 1.82) is 0 Å². The minimum absolute atomic E-state index is 0.173. The Hall–Kier alpha value is -2.38. The van der Waals surface area contributed by atoms with Crippen LogP contribution in [-0.2, 0) is 16.1 Å². The average molecular weight is 421 g/mol. The van der Waals surface area contributed by atoms with Gasteiger partial charge in [-0.15, -0.1) is 0 Å². The molecule has 2 amide bonds. The van der Waals surface area contributed by atoms with Crippen LogP contribution in [-0.4, -0.2) is 32.0 Å². The zero-order chi connectivity index (χ0) is 18.9. The molecule has 138 valence electrons. The third kappa shape index (κ3) is 7.25. The molecule has 0 bridgehead atoms. The minimum atomic E-state index is -0.419. The van der Waals surface area contributed by atoms with Gasteiger partial charge in [-0.3, -0.25) is 20.4 Å². The summed E-state index contributed by atoms with van der Waals surface area (Å²) in [6, 6.07) is 15.3. The molecular weight excluding hydrogens is 398 g/mol. The van der Waals surface area contributed by atoms with Crippen LogP contribution in [0.15, 0.2) is 53.0 Å². The second-order valence-electron chi connectivity index (χ2n) is 6.14. The summed E-state index contributed by atoms with van der Waals surface area (Å²) in [5.74, 6) is -0.0963. The van der Waals surface area contributed by atoms with Crippen molar-refractivity contribution in [3.63, 3.8) is 0 Å². The molecule has 0 aliphatic carbocycles. The van der Waals surface area contributed by atoms with Crippen molar-refractivity contribution in [3.05, 3.63) is 64.1 Å². The van der Waals surface area contributed by atoms with Crippen molar-refractivity contribution in [3.8, 4) is 5.75 Å². The number of ether oxygens (including phenoxy) is 1. The van der Waals surface area contributed by atoms with E-state index in [9.17, 15) is 9.59 Å². The maximum Gasteiger partial charge on any atom is 0.293 e. The Morgan fingerprint density at radius 2 is 1.62 bits per heavy atom. The van der Waals surface area contributed by atoms with Gasteiger partial charge in [-0.25, -0.2) is 0 Å². The molecule has 1 atom stereocenters. The Morgan fingerprint density at radius 3 is 2.27 bits per heavy atom. The lowest BCUT2D eigenvalue weighted by Gasteiger charge is -2.14. The van der Waals surface area contributed by atoms with E-state index in [0.29, 0.717) is 5.75 Å². The summed E-state index contributed by atoms with van der Waals surface area (Å²) in [6.45, 7) is 2.85. The van der Waals surface area contributed by atoms with Gasteiger partial charge in [0.15, 0.2) is 13.2 Å². The summed E-state index contributed by atoms with van der Waals surface area (Å²) in [7, 11) is 1.93. The third-order valence-electron chi connectivity index (χ3n) is 3.61. The van der Waals surface area contributed by atoms with E-state index in [1.165, 1.54) is 5.56 Å². The summed E-state index contributed by atoms with van der Waals surface area (Å²) < 4.78 is 6.26. The van der Waals surface area contributed by atoms with Gasteiger partial charge >= 0.3 is 0 Å². The molecule has 2 aromatic rings. The predicted molar refractivity (Wildman–Crippen MR) is 103 cm³/mol. The van der Waals surface area contributed by atoms with E-state index >= 15 is 0 Å². The molecule has 0 aromatic heterocycles. The topological polar surface area (TPSA) is 71.9 Å². The van der Waals surface area contributed by atoms with Crippen molar-refractivity contribution in [2.45, 2.75) is 13.5 Å². The first-order valence-electron chi connectivity index (χ1n) is 8.25. The molecule has 0 spiro atoms. The van der Waals surface area contributed by atoms with E-state index < -0.39 is 5.91 Å². The van der Waals surface area contributed by atoms with Crippen LogP contribution in [0.3, 0.4) is 0 Å². The number of hydrogen-bond donors (Lipinski definition) is 3. The highest BCUT2D eigenvalue weighted by atomic mass is 79.9. The van der Waals surface area contributed by atoms with E-state index in [1.54, 1.807) is 12.1 Å². The summed E-state index contributed by atoms with van der Waals surface area (Å²) in [5.41, 5.74) is 7.13. The van der Waals surface area contributed by atoms with E-state index in [1.807, 2.05) is 38.2 Å². The number of carbonyl (C=O) groups excluding carboxylic acids is 2. The van der Waals surface area contributed by atoms with Gasteiger partial charge in [0.1, 0.15) is 12.3 Å². The fraction of sp³-hybridized carbons (Fsp3) is 0.263.